The van der Waals surface area contributed by atoms with Crippen LogP contribution in [0.3, 0.4) is 0 Å². The van der Waals surface area contributed by atoms with Gasteiger partial charge in [0.25, 0.3) is 5.91 Å². The Labute approximate surface area is 64.0 Å². The van der Waals surface area contributed by atoms with Gasteiger partial charge in [-0.3, -0.25) is 4.79 Å². The summed E-state index contributed by atoms with van der Waals surface area (Å²) in [4.78, 5) is 14.1. The number of primary amides is 1. The van der Waals surface area contributed by atoms with Gasteiger partial charge in [0, 0.05) is 12.3 Å². The van der Waals surface area contributed by atoms with E-state index in [1.807, 2.05) is 0 Å². The van der Waals surface area contributed by atoms with Crippen molar-refractivity contribution in [3.63, 3.8) is 0 Å². The monoisotopic (exact) mass is 152 g/mol. The average molecular weight is 152 g/mol. The van der Waals surface area contributed by atoms with Crippen molar-refractivity contribution in [3.05, 3.63) is 24.4 Å². The lowest BCUT2D eigenvalue weighted by molar-refractivity contribution is -0.120. The number of carbonyl (C=O) groups is 1. The van der Waals surface area contributed by atoms with Gasteiger partial charge in [-0.25, -0.2) is 4.98 Å². The number of pyridine rings is 1. The van der Waals surface area contributed by atoms with Crippen LogP contribution in [0.2, 0.25) is 0 Å². The third-order valence-corrected chi connectivity index (χ3v) is 1.00. The lowest BCUT2D eigenvalue weighted by atomic mass is 10.5. The number of nitrogens with zero attached hydrogens (tertiary/aromatic N) is 1. The Morgan fingerprint density at radius 3 is 3.00 bits per heavy atom. The van der Waals surface area contributed by atoms with Crippen molar-refractivity contribution in [1.29, 1.82) is 0 Å². The largest absolute Gasteiger partial charge is 0.468 e. The zero-order valence-corrected chi connectivity index (χ0v) is 5.86. The van der Waals surface area contributed by atoms with Crippen molar-refractivity contribution in [3.8, 4) is 5.88 Å². The molecule has 0 fully saturated rings. The van der Waals surface area contributed by atoms with E-state index in [2.05, 4.69) is 4.98 Å². The first-order chi connectivity index (χ1) is 5.29. The van der Waals surface area contributed by atoms with Gasteiger partial charge in [-0.1, -0.05) is 6.07 Å². The van der Waals surface area contributed by atoms with Crippen LogP contribution in [0.4, 0.5) is 0 Å². The van der Waals surface area contributed by atoms with Crippen molar-refractivity contribution in [2.24, 2.45) is 5.73 Å². The van der Waals surface area contributed by atoms with Gasteiger partial charge >= 0.3 is 0 Å². The number of rotatable bonds is 3. The molecule has 0 saturated carbocycles. The number of hydrogen-bond acceptors (Lipinski definition) is 3. The summed E-state index contributed by atoms with van der Waals surface area (Å²) in [6.07, 6.45) is 1.58. The minimum Gasteiger partial charge on any atom is -0.468 e. The maximum atomic E-state index is 10.2. The smallest absolute Gasteiger partial charge is 0.255 e. The van der Waals surface area contributed by atoms with Crippen LogP contribution in [-0.2, 0) is 4.79 Å². The van der Waals surface area contributed by atoms with Crippen LogP contribution in [0, 0.1) is 0 Å². The highest BCUT2D eigenvalue weighted by Crippen LogP contribution is 2.01. The SMILES string of the molecule is NC(=O)COc1ccccn1. The minimum absolute atomic E-state index is 0.128. The summed E-state index contributed by atoms with van der Waals surface area (Å²) in [6, 6.07) is 5.18. The minimum atomic E-state index is -0.504. The molecular formula is C7H8N2O2. The molecule has 2 N–H and O–H groups in total. The van der Waals surface area contributed by atoms with Crippen LogP contribution in [0.25, 0.3) is 0 Å². The van der Waals surface area contributed by atoms with Gasteiger partial charge in [0.1, 0.15) is 0 Å². The Bertz CT molecular complexity index is 235. The topological polar surface area (TPSA) is 65.2 Å². The van der Waals surface area contributed by atoms with E-state index in [0.717, 1.165) is 0 Å². The fourth-order valence-corrected chi connectivity index (χ4v) is 0.578. The van der Waals surface area contributed by atoms with Crippen LogP contribution < -0.4 is 10.5 Å². The summed E-state index contributed by atoms with van der Waals surface area (Å²) in [6.45, 7) is -0.128. The molecule has 1 amide bonds. The maximum absolute atomic E-state index is 10.2. The van der Waals surface area contributed by atoms with Crippen LogP contribution in [0.5, 0.6) is 5.88 Å². The van der Waals surface area contributed by atoms with Crippen LogP contribution >= 0.6 is 0 Å². The molecule has 0 unspecified atom stereocenters. The molecule has 0 aromatic carbocycles. The van der Waals surface area contributed by atoms with Crippen molar-refractivity contribution < 1.29 is 9.53 Å². The van der Waals surface area contributed by atoms with Gasteiger partial charge in [-0.15, -0.1) is 0 Å². The number of nitrogens with two attached hydrogens (primary N) is 1. The second-order valence-electron chi connectivity index (χ2n) is 1.92. The number of aromatic nitrogens is 1. The number of ether oxygens (including phenoxy) is 1. The molecule has 1 rings (SSSR count). The van der Waals surface area contributed by atoms with Crippen molar-refractivity contribution in [2.45, 2.75) is 0 Å². The Hall–Kier alpha value is -1.58. The number of carbonyl (C=O) groups excluding carboxylic acids is 1. The first-order valence-electron chi connectivity index (χ1n) is 3.11. The van der Waals surface area contributed by atoms with E-state index in [1.165, 1.54) is 0 Å². The zero-order chi connectivity index (χ0) is 8.10. The number of amides is 1. The molecular weight excluding hydrogens is 144 g/mol. The molecule has 4 heteroatoms. The molecule has 0 bridgehead atoms. The molecule has 4 nitrogen and oxygen atoms in total. The summed E-state index contributed by atoms with van der Waals surface area (Å²) < 4.78 is 4.88. The molecule has 0 spiro atoms. The molecule has 58 valence electrons. The quantitative estimate of drug-likeness (QED) is 0.660. The molecule has 0 aliphatic carbocycles. The van der Waals surface area contributed by atoms with Crippen molar-refractivity contribution in [1.82, 2.24) is 4.98 Å². The van der Waals surface area contributed by atoms with Gasteiger partial charge in [0.05, 0.1) is 0 Å². The van der Waals surface area contributed by atoms with Gasteiger partial charge in [-0.2, -0.15) is 0 Å². The van der Waals surface area contributed by atoms with E-state index in [9.17, 15) is 4.79 Å². The normalized spacial score (nSPS) is 9.09. The summed E-state index contributed by atoms with van der Waals surface area (Å²) in [7, 11) is 0. The third kappa shape index (κ3) is 2.66. The van der Waals surface area contributed by atoms with Crippen LogP contribution in [-0.4, -0.2) is 17.5 Å². The summed E-state index contributed by atoms with van der Waals surface area (Å²) >= 11 is 0. The fraction of sp³-hybridized carbons (Fsp3) is 0.143. The standard InChI is InChI=1S/C7H8N2O2/c8-6(10)5-11-7-3-1-2-4-9-7/h1-4H,5H2,(H2,8,10). The highest BCUT2D eigenvalue weighted by atomic mass is 16.5. The van der Waals surface area contributed by atoms with Crippen molar-refractivity contribution in [2.75, 3.05) is 6.61 Å². The van der Waals surface area contributed by atoms with E-state index in [0.29, 0.717) is 5.88 Å². The van der Waals surface area contributed by atoms with Crippen molar-refractivity contribution >= 4 is 5.91 Å². The van der Waals surface area contributed by atoms with E-state index in [-0.39, 0.29) is 6.61 Å². The Kier molecular flexibility index (Phi) is 2.43. The molecule has 0 radical (unpaired) electrons. The molecule has 1 aromatic heterocycles. The van der Waals surface area contributed by atoms with E-state index < -0.39 is 5.91 Å². The highest BCUT2D eigenvalue weighted by molar-refractivity contribution is 5.75. The van der Waals surface area contributed by atoms with Crippen LogP contribution in [0.15, 0.2) is 24.4 Å². The van der Waals surface area contributed by atoms with Gasteiger partial charge in [0.15, 0.2) is 6.61 Å². The molecule has 0 aliphatic heterocycles. The molecule has 0 saturated heterocycles. The second-order valence-corrected chi connectivity index (χ2v) is 1.92. The predicted molar refractivity (Wildman–Crippen MR) is 38.9 cm³/mol. The van der Waals surface area contributed by atoms with E-state index in [4.69, 9.17) is 10.5 Å². The highest BCUT2D eigenvalue weighted by Gasteiger charge is 1.95. The zero-order valence-electron chi connectivity index (χ0n) is 5.86. The summed E-state index contributed by atoms with van der Waals surface area (Å²) in [5.41, 5.74) is 4.85. The summed E-state index contributed by atoms with van der Waals surface area (Å²) in [5, 5.41) is 0. The Balaban J connectivity index is 2.45. The Morgan fingerprint density at radius 1 is 1.64 bits per heavy atom. The lowest BCUT2D eigenvalue weighted by Gasteiger charge is -1.99. The second kappa shape index (κ2) is 3.55. The van der Waals surface area contributed by atoms with E-state index in [1.54, 1.807) is 24.4 Å². The summed E-state index contributed by atoms with van der Waals surface area (Å²) in [5.74, 6) is -0.0954. The van der Waals surface area contributed by atoms with Gasteiger partial charge in [0.2, 0.25) is 5.88 Å². The lowest BCUT2D eigenvalue weighted by Crippen LogP contribution is -2.20. The van der Waals surface area contributed by atoms with E-state index >= 15 is 0 Å². The molecule has 1 aromatic rings. The fourth-order valence-electron chi connectivity index (χ4n) is 0.578. The molecule has 11 heavy (non-hydrogen) atoms. The molecule has 0 atom stereocenters. The third-order valence-electron chi connectivity index (χ3n) is 1.00. The predicted octanol–water partition coefficient (Wildman–Crippen LogP) is -0.0543. The molecule has 1 heterocycles. The average Bonchev–Trinajstić information content (AvgIpc) is 2.03. The van der Waals surface area contributed by atoms with Gasteiger partial charge in [-0.05, 0) is 6.07 Å². The van der Waals surface area contributed by atoms with Crippen LogP contribution in [0.1, 0.15) is 0 Å². The van der Waals surface area contributed by atoms with Gasteiger partial charge < -0.3 is 10.5 Å². The maximum Gasteiger partial charge on any atom is 0.255 e. The molecule has 0 aliphatic rings. The first-order valence-corrected chi connectivity index (χ1v) is 3.11. The Morgan fingerprint density at radius 2 is 2.45 bits per heavy atom. The number of hydrogen-bond donors (Lipinski definition) is 1. The first kappa shape index (κ1) is 7.53.